The van der Waals surface area contributed by atoms with E-state index in [2.05, 4.69) is 4.98 Å². The van der Waals surface area contributed by atoms with Crippen molar-refractivity contribution in [2.45, 2.75) is 56.3 Å². The fraction of sp³-hybridized carbons (Fsp3) is 0.385. The lowest BCUT2D eigenvalue weighted by Crippen LogP contribution is -2.37. The van der Waals surface area contributed by atoms with E-state index in [1.54, 1.807) is 64.2 Å². The molecule has 0 saturated carbocycles. The topological polar surface area (TPSA) is 81.5 Å². The first kappa shape index (κ1) is 26.7. The van der Waals surface area contributed by atoms with Gasteiger partial charge < -0.3 is 14.2 Å². The molecule has 1 aromatic heterocycles. The van der Waals surface area contributed by atoms with Gasteiger partial charge in [0, 0.05) is 34.8 Å². The number of amides is 1. The second-order valence-corrected chi connectivity index (χ2v) is 12.0. The Hall–Kier alpha value is -2.39. The summed E-state index contributed by atoms with van der Waals surface area (Å²) >= 11 is 12.2. The summed E-state index contributed by atoms with van der Waals surface area (Å²) in [7, 11) is -3.77. The third kappa shape index (κ3) is 6.29. The quantitative estimate of drug-likeness (QED) is 0.348. The third-order valence-electron chi connectivity index (χ3n) is 6.04. The highest BCUT2D eigenvalue weighted by atomic mass is 35.5. The zero-order chi connectivity index (χ0) is 25.9. The van der Waals surface area contributed by atoms with Crippen LogP contribution >= 0.6 is 23.2 Å². The number of benzene rings is 2. The van der Waals surface area contributed by atoms with E-state index in [0.29, 0.717) is 40.0 Å². The van der Waals surface area contributed by atoms with Crippen LogP contribution in [0, 0.1) is 0 Å². The van der Waals surface area contributed by atoms with Crippen molar-refractivity contribution in [3.8, 4) is 0 Å². The van der Waals surface area contributed by atoms with Gasteiger partial charge >= 0.3 is 0 Å². The predicted octanol–water partition coefficient (Wildman–Crippen LogP) is 5.57. The Morgan fingerprint density at radius 2 is 1.89 bits per heavy atom. The maximum absolute atomic E-state index is 13.5. The number of aromatic nitrogens is 2. The van der Waals surface area contributed by atoms with Crippen molar-refractivity contribution < 1.29 is 17.9 Å². The molecule has 1 saturated heterocycles. The number of carbonyl (C=O) groups is 1. The molecular weight excluding hydrogens is 521 g/mol. The average Bonchev–Trinajstić information content (AvgIpc) is 3.48. The van der Waals surface area contributed by atoms with Crippen molar-refractivity contribution in [3.05, 3.63) is 81.6 Å². The molecule has 1 aliphatic heterocycles. The number of hydrogen-bond acceptors (Lipinski definition) is 5. The summed E-state index contributed by atoms with van der Waals surface area (Å²) in [6.45, 7) is 5.03. The van der Waals surface area contributed by atoms with E-state index in [1.807, 2.05) is 13.8 Å². The molecule has 0 radical (unpaired) electrons. The summed E-state index contributed by atoms with van der Waals surface area (Å²) in [5.74, 6) is -0.425. The van der Waals surface area contributed by atoms with Crippen LogP contribution in [-0.2, 0) is 26.9 Å². The Labute approximate surface area is 221 Å². The summed E-state index contributed by atoms with van der Waals surface area (Å²) < 4.78 is 34.2. The van der Waals surface area contributed by atoms with Crippen LogP contribution in [0.15, 0.2) is 59.9 Å². The number of ether oxygens (including phenoxy) is 1. The van der Waals surface area contributed by atoms with Gasteiger partial charge in [-0.25, -0.2) is 13.4 Å². The highest BCUT2D eigenvalue weighted by Crippen LogP contribution is 2.25. The Morgan fingerprint density at radius 1 is 1.17 bits per heavy atom. The number of sulfone groups is 1. The minimum Gasteiger partial charge on any atom is -0.376 e. The van der Waals surface area contributed by atoms with Crippen molar-refractivity contribution in [3.63, 3.8) is 0 Å². The molecule has 36 heavy (non-hydrogen) atoms. The zero-order valence-corrected chi connectivity index (χ0v) is 22.6. The molecule has 192 valence electrons. The lowest BCUT2D eigenvalue weighted by Gasteiger charge is -2.27. The molecule has 7 nitrogen and oxygen atoms in total. The summed E-state index contributed by atoms with van der Waals surface area (Å²) in [5.41, 5.74) is 1.67. The fourth-order valence-electron chi connectivity index (χ4n) is 4.44. The van der Waals surface area contributed by atoms with Gasteiger partial charge in [0.05, 0.1) is 30.3 Å². The molecule has 0 unspecified atom stereocenters. The Kier molecular flexibility index (Phi) is 8.40. The highest BCUT2D eigenvalue weighted by molar-refractivity contribution is 7.90. The number of rotatable bonds is 9. The summed E-state index contributed by atoms with van der Waals surface area (Å²) in [6.07, 6.45) is 3.27. The van der Waals surface area contributed by atoms with Gasteiger partial charge in [-0.15, -0.1) is 0 Å². The van der Waals surface area contributed by atoms with Crippen LogP contribution in [0.1, 0.15) is 54.3 Å². The van der Waals surface area contributed by atoms with Crippen molar-refractivity contribution in [1.29, 1.82) is 0 Å². The molecule has 2 aromatic carbocycles. The molecule has 1 amide bonds. The van der Waals surface area contributed by atoms with E-state index in [4.69, 9.17) is 27.9 Å². The Balaban J connectivity index is 1.66. The lowest BCUT2D eigenvalue weighted by atomic mass is 10.1. The number of imidazole rings is 1. The normalized spacial score (nSPS) is 16.0. The van der Waals surface area contributed by atoms with Gasteiger partial charge in [-0.3, -0.25) is 4.79 Å². The molecule has 0 aliphatic carbocycles. The summed E-state index contributed by atoms with van der Waals surface area (Å²) in [6, 6.07) is 13.4. The molecule has 4 rings (SSSR count). The Morgan fingerprint density at radius 3 is 2.53 bits per heavy atom. The molecule has 1 fully saturated rings. The fourth-order valence-corrected chi connectivity index (χ4v) is 6.43. The zero-order valence-electron chi connectivity index (χ0n) is 20.2. The molecule has 3 aromatic rings. The number of nitrogens with zero attached hydrogens (tertiary/aromatic N) is 3. The van der Waals surface area contributed by atoms with Gasteiger partial charge in [0.2, 0.25) is 15.0 Å². The van der Waals surface area contributed by atoms with Crippen LogP contribution in [0.4, 0.5) is 0 Å². The summed E-state index contributed by atoms with van der Waals surface area (Å²) in [5, 5.41) is 0.916. The minimum absolute atomic E-state index is 0.0280. The smallest absolute Gasteiger partial charge is 0.254 e. The van der Waals surface area contributed by atoms with Crippen molar-refractivity contribution >= 4 is 38.9 Å². The van der Waals surface area contributed by atoms with Crippen molar-refractivity contribution in [2.75, 3.05) is 13.2 Å². The van der Waals surface area contributed by atoms with Crippen LogP contribution in [0.3, 0.4) is 0 Å². The summed E-state index contributed by atoms with van der Waals surface area (Å²) in [4.78, 5) is 19.5. The maximum Gasteiger partial charge on any atom is 0.254 e. The molecule has 10 heteroatoms. The minimum atomic E-state index is -3.77. The maximum atomic E-state index is 13.5. The van der Waals surface area contributed by atoms with Gasteiger partial charge in [-0.2, -0.15) is 0 Å². The van der Waals surface area contributed by atoms with Crippen LogP contribution in [0.5, 0.6) is 0 Å². The second kappa shape index (κ2) is 11.3. The predicted molar refractivity (Wildman–Crippen MR) is 140 cm³/mol. The lowest BCUT2D eigenvalue weighted by molar-refractivity contribution is 0.0500. The largest absolute Gasteiger partial charge is 0.376 e. The van der Waals surface area contributed by atoms with Crippen molar-refractivity contribution in [1.82, 2.24) is 14.5 Å². The van der Waals surface area contributed by atoms with Gasteiger partial charge in [0.25, 0.3) is 5.91 Å². The van der Waals surface area contributed by atoms with Crippen molar-refractivity contribution in [2.24, 2.45) is 0 Å². The SMILES string of the molecule is CC(C)n1c(CN(C[C@@H]2CCCO2)C(=O)c2cccc(Cl)c2)cnc1S(=O)(=O)Cc1cccc(Cl)c1. The molecule has 0 N–H and O–H groups in total. The Bertz CT molecular complexity index is 1330. The van der Waals surface area contributed by atoms with E-state index in [0.717, 1.165) is 12.8 Å². The van der Waals surface area contributed by atoms with Crippen LogP contribution in [0.25, 0.3) is 0 Å². The van der Waals surface area contributed by atoms with Crippen LogP contribution in [0.2, 0.25) is 10.0 Å². The second-order valence-electron chi connectivity index (χ2n) is 9.22. The molecular formula is C26H29Cl2N3O4S. The van der Waals surface area contributed by atoms with E-state index in [1.165, 1.54) is 0 Å². The number of halogens is 2. The number of hydrogen-bond donors (Lipinski definition) is 0. The standard InChI is InChI=1S/C26H29Cl2N3O4S/c1-18(2)31-23(14-29-26(31)36(33,34)17-19-6-3-8-21(27)12-19)15-30(16-24-10-5-11-35-24)25(32)20-7-4-9-22(28)13-20/h3-4,6-9,12-14,18,24H,5,10-11,15-17H2,1-2H3/t24-/m0/s1. The van der Waals surface area contributed by atoms with Gasteiger partial charge in [-0.1, -0.05) is 41.4 Å². The van der Waals surface area contributed by atoms with Crippen LogP contribution < -0.4 is 0 Å². The monoisotopic (exact) mass is 549 g/mol. The molecule has 1 atom stereocenters. The van der Waals surface area contributed by atoms with Gasteiger partial charge in [0.1, 0.15) is 0 Å². The van der Waals surface area contributed by atoms with E-state index in [9.17, 15) is 13.2 Å². The van der Waals surface area contributed by atoms with E-state index >= 15 is 0 Å². The molecule has 0 spiro atoms. The molecule has 2 heterocycles. The molecule has 0 bridgehead atoms. The average molecular weight is 551 g/mol. The van der Waals surface area contributed by atoms with Gasteiger partial charge in [-0.05, 0) is 62.6 Å². The first-order valence-electron chi connectivity index (χ1n) is 11.8. The van der Waals surface area contributed by atoms with Gasteiger partial charge in [0.15, 0.2) is 0 Å². The number of carbonyl (C=O) groups excluding carboxylic acids is 1. The third-order valence-corrected chi connectivity index (χ3v) is 8.08. The van der Waals surface area contributed by atoms with E-state index in [-0.39, 0.29) is 35.5 Å². The first-order valence-corrected chi connectivity index (χ1v) is 14.2. The first-order chi connectivity index (χ1) is 17.1. The highest BCUT2D eigenvalue weighted by Gasteiger charge is 2.29. The van der Waals surface area contributed by atoms with E-state index < -0.39 is 9.84 Å². The van der Waals surface area contributed by atoms with Crippen LogP contribution in [-0.4, -0.2) is 48.0 Å². The molecule has 1 aliphatic rings.